The van der Waals surface area contributed by atoms with E-state index in [0.29, 0.717) is 31.2 Å². The van der Waals surface area contributed by atoms with Crippen molar-refractivity contribution >= 4 is 17.7 Å². The van der Waals surface area contributed by atoms with Crippen LogP contribution in [-0.2, 0) is 17.4 Å². The Morgan fingerprint density at radius 2 is 2.00 bits per heavy atom. The second-order valence-corrected chi connectivity index (χ2v) is 8.89. The van der Waals surface area contributed by atoms with Crippen LogP contribution in [0.3, 0.4) is 0 Å². The van der Waals surface area contributed by atoms with E-state index in [-0.39, 0.29) is 17.9 Å². The zero-order valence-electron chi connectivity index (χ0n) is 16.3. The van der Waals surface area contributed by atoms with E-state index in [4.69, 9.17) is 4.74 Å². The molecule has 3 rings (SSSR count). The zero-order chi connectivity index (χ0) is 21.0. The lowest BCUT2D eigenvalue weighted by atomic mass is 10.1. The Hall–Kier alpha value is -2.22. The van der Waals surface area contributed by atoms with E-state index in [1.54, 1.807) is 16.7 Å². The van der Waals surface area contributed by atoms with Gasteiger partial charge in [0.25, 0.3) is 0 Å². The molecule has 1 atom stereocenters. The number of nitrogens with zero attached hydrogens (tertiary/aromatic N) is 2. The number of hydrogen-bond donors (Lipinski definition) is 0. The highest BCUT2D eigenvalue weighted by Gasteiger charge is 2.32. The van der Waals surface area contributed by atoms with Gasteiger partial charge in [0, 0.05) is 35.4 Å². The van der Waals surface area contributed by atoms with Crippen molar-refractivity contribution in [2.75, 3.05) is 13.1 Å². The van der Waals surface area contributed by atoms with Crippen LogP contribution in [0.15, 0.2) is 47.5 Å². The molecule has 0 spiro atoms. The van der Waals surface area contributed by atoms with Gasteiger partial charge in [-0.05, 0) is 23.8 Å². The van der Waals surface area contributed by atoms with Gasteiger partial charge in [0.05, 0.1) is 18.5 Å². The summed E-state index contributed by atoms with van der Waals surface area (Å²) in [4.78, 5) is 19.3. The molecule has 0 radical (unpaired) electrons. The van der Waals surface area contributed by atoms with Gasteiger partial charge in [0.2, 0.25) is 11.8 Å². The largest absolute Gasteiger partial charge is 0.472 e. The summed E-state index contributed by atoms with van der Waals surface area (Å²) >= 11 is 1.77. The van der Waals surface area contributed by atoms with Gasteiger partial charge in [-0.3, -0.25) is 4.79 Å². The molecule has 1 amide bonds. The van der Waals surface area contributed by atoms with E-state index in [2.05, 4.69) is 18.8 Å². The Balaban J connectivity index is 1.53. The SMILES string of the molecule is CC(C)Sc1ccc(CC(=O)N2CCC(Oc3cc(C(F)(F)F)ccn3)C2)cc1. The summed E-state index contributed by atoms with van der Waals surface area (Å²) in [5.41, 5.74) is 0.138. The van der Waals surface area contributed by atoms with Crippen LogP contribution in [0, 0.1) is 0 Å². The van der Waals surface area contributed by atoms with Crippen LogP contribution in [0.1, 0.15) is 31.4 Å². The van der Waals surface area contributed by atoms with E-state index < -0.39 is 11.7 Å². The number of hydrogen-bond acceptors (Lipinski definition) is 4. The third-order valence-corrected chi connectivity index (χ3v) is 5.51. The average molecular weight is 424 g/mol. The summed E-state index contributed by atoms with van der Waals surface area (Å²) in [5.74, 6) is -0.0882. The zero-order valence-corrected chi connectivity index (χ0v) is 17.1. The molecule has 0 saturated carbocycles. The smallest absolute Gasteiger partial charge is 0.416 e. The van der Waals surface area contributed by atoms with Crippen LogP contribution in [0.5, 0.6) is 5.88 Å². The number of aromatic nitrogens is 1. The maximum atomic E-state index is 12.8. The Kier molecular flexibility index (Phi) is 6.72. The van der Waals surface area contributed by atoms with Gasteiger partial charge < -0.3 is 9.64 Å². The summed E-state index contributed by atoms with van der Waals surface area (Å²) in [5, 5.41) is 0.496. The Labute approximate surface area is 172 Å². The Bertz CT molecular complexity index is 841. The van der Waals surface area contributed by atoms with Crippen LogP contribution >= 0.6 is 11.8 Å². The first-order chi connectivity index (χ1) is 13.7. The quantitative estimate of drug-likeness (QED) is 0.624. The molecule has 1 fully saturated rings. The van der Waals surface area contributed by atoms with E-state index in [9.17, 15) is 18.0 Å². The molecule has 1 aromatic heterocycles. The van der Waals surface area contributed by atoms with E-state index in [1.807, 2.05) is 24.3 Å². The lowest BCUT2D eigenvalue weighted by Crippen LogP contribution is -2.32. The van der Waals surface area contributed by atoms with E-state index in [1.165, 1.54) is 4.90 Å². The lowest BCUT2D eigenvalue weighted by Gasteiger charge is -2.17. The molecule has 1 unspecified atom stereocenters. The van der Waals surface area contributed by atoms with Crippen molar-refractivity contribution in [3.63, 3.8) is 0 Å². The van der Waals surface area contributed by atoms with Crippen molar-refractivity contribution in [2.24, 2.45) is 0 Å². The van der Waals surface area contributed by atoms with Crippen LogP contribution in [-0.4, -0.2) is 40.2 Å². The van der Waals surface area contributed by atoms with Crippen LogP contribution in [0.2, 0.25) is 0 Å². The third kappa shape index (κ3) is 6.13. The minimum absolute atomic E-state index is 0.0163. The predicted octanol–water partition coefficient (Wildman–Crippen LogP) is 4.82. The Morgan fingerprint density at radius 1 is 1.28 bits per heavy atom. The van der Waals surface area contributed by atoms with Crippen molar-refractivity contribution in [2.45, 2.75) is 49.1 Å². The van der Waals surface area contributed by atoms with Crippen molar-refractivity contribution in [3.05, 3.63) is 53.7 Å². The number of ether oxygens (including phenoxy) is 1. The normalized spacial score (nSPS) is 17.0. The summed E-state index contributed by atoms with van der Waals surface area (Å²) in [6, 6.07) is 9.74. The molecule has 2 heterocycles. The van der Waals surface area contributed by atoms with Crippen LogP contribution in [0.4, 0.5) is 13.2 Å². The third-order valence-electron chi connectivity index (χ3n) is 4.50. The highest BCUT2D eigenvalue weighted by Crippen LogP contribution is 2.31. The highest BCUT2D eigenvalue weighted by molar-refractivity contribution is 7.99. The second kappa shape index (κ2) is 9.07. The second-order valence-electron chi connectivity index (χ2n) is 7.24. The molecule has 4 nitrogen and oxygen atoms in total. The molecular weight excluding hydrogens is 401 g/mol. The maximum absolute atomic E-state index is 12.8. The number of alkyl halides is 3. The number of amides is 1. The number of thioether (sulfide) groups is 1. The average Bonchev–Trinajstić information content (AvgIpc) is 3.11. The minimum atomic E-state index is -4.44. The predicted molar refractivity (Wildman–Crippen MR) is 106 cm³/mol. The van der Waals surface area contributed by atoms with Gasteiger partial charge in [0.1, 0.15) is 6.10 Å². The number of pyridine rings is 1. The molecule has 29 heavy (non-hydrogen) atoms. The standard InChI is InChI=1S/C21H23F3N2O2S/c1-14(2)29-18-5-3-15(4-6-18)11-20(27)26-10-8-17(13-26)28-19-12-16(7-9-25-19)21(22,23)24/h3-7,9,12,14,17H,8,10-11,13H2,1-2H3. The maximum Gasteiger partial charge on any atom is 0.416 e. The molecular formula is C21H23F3N2O2S. The first-order valence-corrected chi connectivity index (χ1v) is 10.3. The van der Waals surface area contributed by atoms with Gasteiger partial charge in [-0.25, -0.2) is 4.98 Å². The summed E-state index contributed by atoms with van der Waals surface area (Å²) < 4.78 is 44.0. The fourth-order valence-corrected chi connectivity index (χ4v) is 3.95. The van der Waals surface area contributed by atoms with Crippen molar-refractivity contribution in [1.82, 2.24) is 9.88 Å². The number of rotatable bonds is 6. The topological polar surface area (TPSA) is 42.4 Å². The molecule has 1 aromatic carbocycles. The molecule has 2 aromatic rings. The number of likely N-dealkylation sites (tertiary alicyclic amines) is 1. The highest BCUT2D eigenvalue weighted by atomic mass is 32.2. The molecule has 1 aliphatic heterocycles. The first kappa shape index (κ1) is 21.5. The van der Waals surface area contributed by atoms with Crippen molar-refractivity contribution < 1.29 is 22.7 Å². The molecule has 0 bridgehead atoms. The van der Waals surface area contributed by atoms with E-state index >= 15 is 0 Å². The van der Waals surface area contributed by atoms with E-state index in [0.717, 1.165) is 23.9 Å². The minimum Gasteiger partial charge on any atom is -0.472 e. The molecule has 1 aliphatic rings. The Morgan fingerprint density at radius 3 is 2.66 bits per heavy atom. The van der Waals surface area contributed by atoms with Gasteiger partial charge in [-0.1, -0.05) is 26.0 Å². The fourth-order valence-electron chi connectivity index (χ4n) is 3.12. The van der Waals surface area contributed by atoms with Crippen molar-refractivity contribution in [3.8, 4) is 5.88 Å². The van der Waals surface area contributed by atoms with Crippen LogP contribution in [0.25, 0.3) is 0 Å². The monoisotopic (exact) mass is 424 g/mol. The van der Waals surface area contributed by atoms with Gasteiger partial charge in [-0.15, -0.1) is 11.8 Å². The summed E-state index contributed by atoms with van der Waals surface area (Å²) in [7, 11) is 0. The summed E-state index contributed by atoms with van der Waals surface area (Å²) in [6.45, 7) is 5.12. The van der Waals surface area contributed by atoms with Crippen LogP contribution < -0.4 is 4.74 Å². The van der Waals surface area contributed by atoms with Crippen molar-refractivity contribution in [1.29, 1.82) is 0 Å². The number of carbonyl (C=O) groups excluding carboxylic acids is 1. The molecule has 156 valence electrons. The molecule has 8 heteroatoms. The summed E-state index contributed by atoms with van der Waals surface area (Å²) in [6.07, 6.45) is -2.87. The lowest BCUT2D eigenvalue weighted by molar-refractivity contribution is -0.137. The molecule has 0 aliphatic carbocycles. The fraction of sp³-hybridized carbons (Fsp3) is 0.429. The number of benzene rings is 1. The van der Waals surface area contributed by atoms with Gasteiger partial charge in [0.15, 0.2) is 0 Å². The van der Waals surface area contributed by atoms with Gasteiger partial charge >= 0.3 is 6.18 Å². The molecule has 0 N–H and O–H groups in total. The molecule has 1 saturated heterocycles. The first-order valence-electron chi connectivity index (χ1n) is 9.44. The number of carbonyl (C=O) groups is 1. The van der Waals surface area contributed by atoms with Gasteiger partial charge in [-0.2, -0.15) is 13.2 Å². The number of halogens is 3.